The van der Waals surface area contributed by atoms with Crippen LogP contribution in [0.3, 0.4) is 0 Å². The topological polar surface area (TPSA) is 67.3 Å². The number of amides is 1. The molecule has 1 fully saturated rings. The number of aromatic nitrogens is 2. The highest BCUT2D eigenvalue weighted by Crippen LogP contribution is 2.24. The van der Waals surface area contributed by atoms with Crippen LogP contribution in [-0.2, 0) is 4.79 Å². The number of nitrogens with zero attached hydrogens (tertiary/aromatic N) is 3. The predicted octanol–water partition coefficient (Wildman–Crippen LogP) is 4.00. The normalized spacial score (nSPS) is 14.9. The van der Waals surface area contributed by atoms with E-state index < -0.39 is 0 Å². The molecule has 0 bridgehead atoms. The van der Waals surface area contributed by atoms with Gasteiger partial charge in [0.1, 0.15) is 0 Å². The van der Waals surface area contributed by atoms with E-state index in [1.165, 1.54) is 0 Å². The summed E-state index contributed by atoms with van der Waals surface area (Å²) in [6, 6.07) is 7.14. The number of rotatable bonds is 5. The van der Waals surface area contributed by atoms with Gasteiger partial charge in [-0.2, -0.15) is 4.98 Å². The molecule has 0 unspecified atom stereocenters. The molecule has 1 aliphatic rings. The SMILES string of the molecule is Cc1cc(OCC(=O)Nc2cccc(Cl)c2C)nc(N2CCC(C)CC2)n1. The van der Waals surface area contributed by atoms with Gasteiger partial charge in [-0.15, -0.1) is 0 Å². The number of carbonyl (C=O) groups is 1. The van der Waals surface area contributed by atoms with Crippen LogP contribution < -0.4 is 15.0 Å². The number of halogens is 1. The molecule has 3 rings (SSSR count). The fourth-order valence-corrected chi connectivity index (χ4v) is 3.19. The number of hydrogen-bond donors (Lipinski definition) is 1. The largest absolute Gasteiger partial charge is 0.467 e. The maximum absolute atomic E-state index is 12.2. The summed E-state index contributed by atoms with van der Waals surface area (Å²) < 4.78 is 5.62. The van der Waals surface area contributed by atoms with Crippen molar-refractivity contribution in [3.05, 3.63) is 40.5 Å². The Morgan fingerprint density at radius 3 is 2.78 bits per heavy atom. The van der Waals surface area contributed by atoms with E-state index >= 15 is 0 Å². The molecule has 7 heteroatoms. The van der Waals surface area contributed by atoms with Crippen LogP contribution in [0.4, 0.5) is 11.6 Å². The average molecular weight is 389 g/mol. The first-order valence-electron chi connectivity index (χ1n) is 9.21. The van der Waals surface area contributed by atoms with Gasteiger partial charge in [0.25, 0.3) is 5.91 Å². The van der Waals surface area contributed by atoms with Crippen molar-refractivity contribution in [1.29, 1.82) is 0 Å². The lowest BCUT2D eigenvalue weighted by Crippen LogP contribution is -2.34. The van der Waals surface area contributed by atoms with Gasteiger partial charge in [0.15, 0.2) is 6.61 Å². The van der Waals surface area contributed by atoms with Crippen LogP contribution in [0.25, 0.3) is 0 Å². The average Bonchev–Trinajstić information content (AvgIpc) is 2.64. The molecule has 0 atom stereocenters. The Hall–Kier alpha value is -2.34. The first kappa shape index (κ1) is 19.4. The first-order chi connectivity index (χ1) is 12.9. The molecule has 2 heterocycles. The zero-order valence-electron chi connectivity index (χ0n) is 16.0. The number of hydrogen-bond acceptors (Lipinski definition) is 5. The lowest BCUT2D eigenvalue weighted by Gasteiger charge is -2.30. The monoisotopic (exact) mass is 388 g/mol. The molecule has 0 aliphatic carbocycles. The van der Waals surface area contributed by atoms with Gasteiger partial charge in [-0.25, -0.2) is 4.98 Å². The highest BCUT2D eigenvalue weighted by atomic mass is 35.5. The second-order valence-electron chi connectivity index (χ2n) is 7.07. The second kappa shape index (κ2) is 8.57. The Balaban J connectivity index is 1.62. The second-order valence-corrected chi connectivity index (χ2v) is 7.47. The molecule has 0 radical (unpaired) electrons. The third-order valence-corrected chi connectivity index (χ3v) is 5.19. The smallest absolute Gasteiger partial charge is 0.262 e. The van der Waals surface area contributed by atoms with Crippen LogP contribution in [0.1, 0.15) is 31.0 Å². The number of nitrogens with one attached hydrogen (secondary N) is 1. The maximum atomic E-state index is 12.2. The zero-order valence-corrected chi connectivity index (χ0v) is 16.7. The van der Waals surface area contributed by atoms with Crippen LogP contribution >= 0.6 is 11.6 Å². The van der Waals surface area contributed by atoms with Crippen molar-refractivity contribution in [2.45, 2.75) is 33.6 Å². The number of ether oxygens (including phenoxy) is 1. The summed E-state index contributed by atoms with van der Waals surface area (Å²) >= 11 is 6.08. The van der Waals surface area contributed by atoms with E-state index in [9.17, 15) is 4.79 Å². The van der Waals surface area contributed by atoms with Gasteiger partial charge in [0, 0.05) is 35.6 Å². The lowest BCUT2D eigenvalue weighted by molar-refractivity contribution is -0.118. The van der Waals surface area contributed by atoms with E-state index in [0.29, 0.717) is 22.5 Å². The Morgan fingerprint density at radius 1 is 1.30 bits per heavy atom. The van der Waals surface area contributed by atoms with Gasteiger partial charge in [-0.1, -0.05) is 24.6 Å². The summed E-state index contributed by atoms with van der Waals surface area (Å²) in [6.45, 7) is 7.79. The number of benzene rings is 1. The van der Waals surface area contributed by atoms with E-state index in [2.05, 4.69) is 27.1 Å². The molecule has 2 aromatic rings. The van der Waals surface area contributed by atoms with Gasteiger partial charge < -0.3 is 15.0 Å². The predicted molar refractivity (Wildman–Crippen MR) is 108 cm³/mol. The van der Waals surface area contributed by atoms with Gasteiger partial charge in [-0.3, -0.25) is 4.79 Å². The minimum atomic E-state index is -0.259. The molecule has 27 heavy (non-hydrogen) atoms. The van der Waals surface area contributed by atoms with Crippen molar-refractivity contribution in [3.8, 4) is 5.88 Å². The Labute approximate surface area is 164 Å². The molecule has 0 spiro atoms. The summed E-state index contributed by atoms with van der Waals surface area (Å²) in [5, 5.41) is 3.43. The van der Waals surface area contributed by atoms with Gasteiger partial charge in [0.2, 0.25) is 11.8 Å². The quantitative estimate of drug-likeness (QED) is 0.838. The first-order valence-corrected chi connectivity index (χ1v) is 9.58. The van der Waals surface area contributed by atoms with E-state index in [1.54, 1.807) is 18.2 Å². The maximum Gasteiger partial charge on any atom is 0.262 e. The molecule has 1 aromatic heterocycles. The number of carbonyl (C=O) groups excluding carboxylic acids is 1. The minimum absolute atomic E-state index is 0.126. The van der Waals surface area contributed by atoms with Crippen molar-refractivity contribution in [2.24, 2.45) is 5.92 Å². The van der Waals surface area contributed by atoms with Crippen LogP contribution in [-0.4, -0.2) is 35.6 Å². The molecule has 0 saturated carbocycles. The van der Waals surface area contributed by atoms with Crippen molar-refractivity contribution < 1.29 is 9.53 Å². The molecule has 1 amide bonds. The van der Waals surface area contributed by atoms with Crippen LogP contribution in [0.5, 0.6) is 5.88 Å². The Bertz CT molecular complexity index is 820. The summed E-state index contributed by atoms with van der Waals surface area (Å²) in [5.41, 5.74) is 2.32. The molecule has 1 aromatic carbocycles. The fraction of sp³-hybridized carbons (Fsp3) is 0.450. The highest BCUT2D eigenvalue weighted by Gasteiger charge is 2.19. The summed E-state index contributed by atoms with van der Waals surface area (Å²) in [5.74, 6) is 1.56. The third-order valence-electron chi connectivity index (χ3n) is 4.78. The number of anilines is 2. The fourth-order valence-electron chi connectivity index (χ4n) is 3.02. The van der Waals surface area contributed by atoms with Gasteiger partial charge in [-0.05, 0) is 50.3 Å². The number of piperidine rings is 1. The minimum Gasteiger partial charge on any atom is -0.467 e. The number of aryl methyl sites for hydroxylation is 1. The standard InChI is InChI=1S/C20H25ClN4O2/c1-13-7-9-25(10-8-13)20-22-14(2)11-19(24-20)27-12-18(26)23-17-6-4-5-16(21)15(17)3/h4-6,11,13H,7-10,12H2,1-3H3,(H,23,26). The summed E-state index contributed by atoms with van der Waals surface area (Å²) in [6.07, 6.45) is 2.27. The molecular formula is C20H25ClN4O2. The molecular weight excluding hydrogens is 364 g/mol. The highest BCUT2D eigenvalue weighted by molar-refractivity contribution is 6.31. The van der Waals surface area contributed by atoms with Crippen LogP contribution in [0.15, 0.2) is 24.3 Å². The van der Waals surface area contributed by atoms with E-state index in [4.69, 9.17) is 16.3 Å². The molecule has 1 saturated heterocycles. The zero-order chi connectivity index (χ0) is 19.4. The van der Waals surface area contributed by atoms with Crippen molar-refractivity contribution >= 4 is 29.1 Å². The summed E-state index contributed by atoms with van der Waals surface area (Å²) in [7, 11) is 0. The van der Waals surface area contributed by atoms with Crippen LogP contribution in [0, 0.1) is 19.8 Å². The molecule has 144 valence electrons. The summed E-state index contributed by atoms with van der Waals surface area (Å²) in [4.78, 5) is 23.4. The van der Waals surface area contributed by atoms with Crippen LogP contribution in [0.2, 0.25) is 5.02 Å². The molecule has 1 aliphatic heterocycles. The van der Waals surface area contributed by atoms with Crippen molar-refractivity contribution in [2.75, 3.05) is 29.9 Å². The Morgan fingerprint density at radius 2 is 2.04 bits per heavy atom. The Kier molecular flexibility index (Phi) is 6.16. The van der Waals surface area contributed by atoms with E-state index in [0.717, 1.165) is 43.1 Å². The van der Waals surface area contributed by atoms with Gasteiger partial charge >= 0.3 is 0 Å². The third kappa shape index (κ3) is 5.10. The van der Waals surface area contributed by atoms with Gasteiger partial charge in [0.05, 0.1) is 0 Å². The molecule has 1 N–H and O–H groups in total. The molecule has 6 nitrogen and oxygen atoms in total. The van der Waals surface area contributed by atoms with E-state index in [1.807, 2.05) is 19.9 Å². The van der Waals surface area contributed by atoms with Crippen molar-refractivity contribution in [1.82, 2.24) is 9.97 Å². The van der Waals surface area contributed by atoms with Crippen molar-refractivity contribution in [3.63, 3.8) is 0 Å². The van der Waals surface area contributed by atoms with E-state index in [-0.39, 0.29) is 12.5 Å². The lowest BCUT2D eigenvalue weighted by atomic mass is 10.00.